The molecule has 3 aromatic rings. The highest BCUT2D eigenvalue weighted by Gasteiger charge is 2.36. The SMILES string of the molecule is CC(C)(N)C(=O)NC(COCc1ccccc1)c1nnc2n1CCC(C)(c1ccccc1)C2. The minimum Gasteiger partial charge on any atom is -0.374 e. The Labute approximate surface area is 195 Å². The first-order valence-corrected chi connectivity index (χ1v) is 11.5. The lowest BCUT2D eigenvalue weighted by Crippen LogP contribution is -2.51. The third-order valence-electron chi connectivity index (χ3n) is 6.36. The summed E-state index contributed by atoms with van der Waals surface area (Å²) < 4.78 is 8.11. The lowest BCUT2D eigenvalue weighted by Gasteiger charge is -2.35. The minimum absolute atomic E-state index is 0.00334. The molecule has 0 saturated carbocycles. The number of fused-ring (bicyclic) bond motifs is 1. The number of ether oxygens (including phenoxy) is 1. The first kappa shape index (κ1) is 23.1. The number of nitrogens with one attached hydrogen (secondary N) is 1. The fraction of sp³-hybridized carbons (Fsp3) is 0.423. The number of hydrogen-bond acceptors (Lipinski definition) is 5. The van der Waals surface area contributed by atoms with Crippen LogP contribution in [0, 0.1) is 0 Å². The van der Waals surface area contributed by atoms with Gasteiger partial charge in [0.15, 0.2) is 5.82 Å². The third kappa shape index (κ3) is 5.31. The summed E-state index contributed by atoms with van der Waals surface area (Å²) in [4.78, 5) is 12.7. The molecule has 4 rings (SSSR count). The van der Waals surface area contributed by atoms with E-state index in [1.807, 2.05) is 36.4 Å². The topological polar surface area (TPSA) is 95.1 Å². The maximum Gasteiger partial charge on any atom is 0.240 e. The molecule has 174 valence electrons. The maximum absolute atomic E-state index is 12.7. The summed E-state index contributed by atoms with van der Waals surface area (Å²) in [6, 6.07) is 20.1. The van der Waals surface area contributed by atoms with E-state index in [0.29, 0.717) is 12.4 Å². The Kier molecular flexibility index (Phi) is 6.63. The fourth-order valence-electron chi connectivity index (χ4n) is 4.26. The van der Waals surface area contributed by atoms with Gasteiger partial charge in [0.2, 0.25) is 5.91 Å². The average molecular weight is 448 g/mol. The molecule has 3 N–H and O–H groups in total. The Bertz CT molecular complexity index is 1080. The molecule has 0 spiro atoms. The molecule has 0 fully saturated rings. The third-order valence-corrected chi connectivity index (χ3v) is 6.36. The van der Waals surface area contributed by atoms with Gasteiger partial charge < -0.3 is 20.4 Å². The molecule has 2 unspecified atom stereocenters. The quantitative estimate of drug-likeness (QED) is 0.553. The molecular formula is C26H33N5O2. The average Bonchev–Trinajstić information content (AvgIpc) is 3.21. The van der Waals surface area contributed by atoms with Crippen LogP contribution in [0.1, 0.15) is 56.0 Å². The van der Waals surface area contributed by atoms with Gasteiger partial charge in [0.05, 0.1) is 18.8 Å². The number of carbonyl (C=O) groups excluding carboxylic acids is 1. The van der Waals surface area contributed by atoms with E-state index in [0.717, 1.165) is 30.8 Å². The Morgan fingerprint density at radius 2 is 1.82 bits per heavy atom. The molecule has 0 bridgehead atoms. The van der Waals surface area contributed by atoms with Crippen LogP contribution in [-0.4, -0.2) is 32.8 Å². The van der Waals surface area contributed by atoms with Gasteiger partial charge in [-0.05, 0) is 31.4 Å². The van der Waals surface area contributed by atoms with E-state index in [1.165, 1.54) is 5.56 Å². The van der Waals surface area contributed by atoms with Gasteiger partial charge in [-0.3, -0.25) is 4.79 Å². The Morgan fingerprint density at radius 1 is 1.15 bits per heavy atom. The van der Waals surface area contributed by atoms with Crippen molar-refractivity contribution in [3.8, 4) is 0 Å². The molecular weight excluding hydrogens is 414 g/mol. The molecule has 1 amide bonds. The van der Waals surface area contributed by atoms with E-state index in [4.69, 9.17) is 10.5 Å². The number of amides is 1. The molecule has 1 aliphatic heterocycles. The van der Waals surface area contributed by atoms with Gasteiger partial charge in [0, 0.05) is 18.4 Å². The second kappa shape index (κ2) is 9.45. The van der Waals surface area contributed by atoms with E-state index in [-0.39, 0.29) is 17.9 Å². The summed E-state index contributed by atoms with van der Waals surface area (Å²) in [6.07, 6.45) is 1.75. The molecule has 7 nitrogen and oxygen atoms in total. The van der Waals surface area contributed by atoms with Gasteiger partial charge in [-0.15, -0.1) is 10.2 Å². The molecule has 0 aliphatic carbocycles. The van der Waals surface area contributed by atoms with Crippen LogP contribution in [0.15, 0.2) is 60.7 Å². The predicted molar refractivity (Wildman–Crippen MR) is 127 cm³/mol. The Morgan fingerprint density at radius 3 is 2.48 bits per heavy atom. The molecule has 2 aromatic carbocycles. The minimum atomic E-state index is -1.01. The summed E-state index contributed by atoms with van der Waals surface area (Å²) in [5.74, 6) is 1.39. The fourth-order valence-corrected chi connectivity index (χ4v) is 4.26. The van der Waals surface area contributed by atoms with Crippen molar-refractivity contribution in [2.75, 3.05) is 6.61 Å². The number of aromatic nitrogens is 3. The van der Waals surface area contributed by atoms with E-state index in [2.05, 4.69) is 51.3 Å². The summed E-state index contributed by atoms with van der Waals surface area (Å²) in [5, 5.41) is 12.0. The van der Waals surface area contributed by atoms with Crippen LogP contribution < -0.4 is 11.1 Å². The van der Waals surface area contributed by atoms with Crippen LogP contribution in [-0.2, 0) is 34.5 Å². The number of benzene rings is 2. The van der Waals surface area contributed by atoms with E-state index in [1.54, 1.807) is 13.8 Å². The molecule has 1 aromatic heterocycles. The van der Waals surface area contributed by atoms with E-state index >= 15 is 0 Å². The van der Waals surface area contributed by atoms with Crippen molar-refractivity contribution in [3.63, 3.8) is 0 Å². The highest BCUT2D eigenvalue weighted by Crippen LogP contribution is 2.36. The highest BCUT2D eigenvalue weighted by molar-refractivity contribution is 5.85. The molecule has 1 aliphatic rings. The molecule has 7 heteroatoms. The second-order valence-corrected chi connectivity index (χ2v) is 9.73. The number of carbonyl (C=O) groups is 1. The molecule has 2 atom stereocenters. The van der Waals surface area contributed by atoms with Crippen LogP contribution in [0.4, 0.5) is 0 Å². The smallest absolute Gasteiger partial charge is 0.240 e. The van der Waals surface area contributed by atoms with Crippen molar-refractivity contribution in [1.82, 2.24) is 20.1 Å². The summed E-state index contributed by atoms with van der Waals surface area (Å²) in [5.41, 5.74) is 7.42. The van der Waals surface area contributed by atoms with Crippen molar-refractivity contribution < 1.29 is 9.53 Å². The molecule has 0 saturated heterocycles. The summed E-state index contributed by atoms with van der Waals surface area (Å²) in [7, 11) is 0. The lowest BCUT2D eigenvalue weighted by atomic mass is 9.75. The van der Waals surface area contributed by atoms with Crippen LogP contribution in [0.2, 0.25) is 0 Å². The predicted octanol–water partition coefficient (Wildman–Crippen LogP) is 3.29. The first-order valence-electron chi connectivity index (χ1n) is 11.5. The van der Waals surface area contributed by atoms with Crippen molar-refractivity contribution in [2.45, 2.75) is 63.8 Å². The highest BCUT2D eigenvalue weighted by atomic mass is 16.5. The standard InChI is InChI=1S/C26H33N5O2/c1-25(2,27)24(32)28-21(18-33-17-19-10-6-4-7-11-19)23-30-29-22-16-26(3,14-15-31(22)23)20-12-8-5-9-13-20/h4-13,21H,14-18,27H2,1-3H3,(H,28,32). The maximum atomic E-state index is 12.7. The van der Waals surface area contributed by atoms with Gasteiger partial charge in [-0.2, -0.15) is 0 Å². The van der Waals surface area contributed by atoms with Gasteiger partial charge in [0.1, 0.15) is 11.9 Å². The number of rotatable bonds is 8. The first-order chi connectivity index (χ1) is 15.8. The number of hydrogen-bond donors (Lipinski definition) is 2. The Balaban J connectivity index is 1.54. The van der Waals surface area contributed by atoms with Crippen LogP contribution in [0.3, 0.4) is 0 Å². The number of nitrogens with two attached hydrogens (primary N) is 1. The molecule has 0 radical (unpaired) electrons. The van der Waals surface area contributed by atoms with Gasteiger partial charge in [-0.25, -0.2) is 0 Å². The molecule has 2 heterocycles. The monoisotopic (exact) mass is 447 g/mol. The van der Waals surface area contributed by atoms with Crippen LogP contribution >= 0.6 is 0 Å². The Hall–Kier alpha value is -3.03. The zero-order valence-corrected chi connectivity index (χ0v) is 19.6. The van der Waals surface area contributed by atoms with Crippen molar-refractivity contribution in [2.24, 2.45) is 5.73 Å². The summed E-state index contributed by atoms with van der Waals surface area (Å²) in [6.45, 7) is 7.17. The second-order valence-electron chi connectivity index (χ2n) is 9.73. The van der Waals surface area contributed by atoms with Gasteiger partial charge >= 0.3 is 0 Å². The van der Waals surface area contributed by atoms with Crippen molar-refractivity contribution in [3.05, 3.63) is 83.4 Å². The zero-order valence-electron chi connectivity index (χ0n) is 19.6. The normalized spacial score (nSPS) is 19.0. The van der Waals surface area contributed by atoms with E-state index in [9.17, 15) is 4.79 Å². The van der Waals surface area contributed by atoms with Crippen LogP contribution in [0.25, 0.3) is 0 Å². The van der Waals surface area contributed by atoms with Crippen LogP contribution in [0.5, 0.6) is 0 Å². The van der Waals surface area contributed by atoms with Gasteiger partial charge in [-0.1, -0.05) is 67.6 Å². The van der Waals surface area contributed by atoms with Crippen molar-refractivity contribution in [1.29, 1.82) is 0 Å². The van der Waals surface area contributed by atoms with Gasteiger partial charge in [0.25, 0.3) is 0 Å². The largest absolute Gasteiger partial charge is 0.374 e. The lowest BCUT2D eigenvalue weighted by molar-refractivity contribution is -0.126. The van der Waals surface area contributed by atoms with E-state index < -0.39 is 11.6 Å². The van der Waals surface area contributed by atoms with Crippen molar-refractivity contribution >= 4 is 5.91 Å². The molecule has 33 heavy (non-hydrogen) atoms. The number of nitrogens with zero attached hydrogens (tertiary/aromatic N) is 3. The summed E-state index contributed by atoms with van der Waals surface area (Å²) >= 11 is 0. The zero-order chi connectivity index (χ0) is 23.5.